The van der Waals surface area contributed by atoms with Crippen LogP contribution in [0.2, 0.25) is 5.15 Å². The zero-order valence-corrected chi connectivity index (χ0v) is 12.0. The molecule has 0 atom stereocenters. The fraction of sp³-hybridized carbons (Fsp3) is 0. The van der Waals surface area contributed by atoms with Crippen LogP contribution in [0.3, 0.4) is 0 Å². The summed E-state index contributed by atoms with van der Waals surface area (Å²) in [6, 6.07) is 12.9. The van der Waals surface area contributed by atoms with E-state index in [-0.39, 0.29) is 5.82 Å². The molecule has 0 aliphatic rings. The van der Waals surface area contributed by atoms with Crippen LogP contribution in [0.15, 0.2) is 58.0 Å². The van der Waals surface area contributed by atoms with Crippen LogP contribution in [0.5, 0.6) is 0 Å². The van der Waals surface area contributed by atoms with Gasteiger partial charge in [-0.15, -0.1) is 10.2 Å². The number of anilines is 1. The molecule has 0 aliphatic carbocycles. The molecule has 2 aromatic heterocycles. The molecule has 7 heteroatoms. The van der Waals surface area contributed by atoms with Crippen molar-refractivity contribution in [3.05, 3.63) is 65.3 Å². The number of hydrazone groups is 1. The lowest BCUT2D eigenvalue weighted by atomic mass is 10.2. The molecule has 3 aromatic rings. The maximum atomic E-state index is 12.9. The molecule has 5 nitrogen and oxygen atoms in total. The van der Waals surface area contributed by atoms with Crippen LogP contribution in [0, 0.1) is 5.82 Å². The van der Waals surface area contributed by atoms with E-state index in [1.165, 1.54) is 18.3 Å². The van der Waals surface area contributed by atoms with Crippen LogP contribution in [0.25, 0.3) is 11.3 Å². The van der Waals surface area contributed by atoms with Crippen molar-refractivity contribution in [3.63, 3.8) is 0 Å². The summed E-state index contributed by atoms with van der Waals surface area (Å²) in [5.74, 6) is 1.36. The van der Waals surface area contributed by atoms with E-state index >= 15 is 0 Å². The topological polar surface area (TPSA) is 63.3 Å². The molecule has 0 fully saturated rings. The Morgan fingerprint density at radius 2 is 1.86 bits per heavy atom. The minimum absolute atomic E-state index is 0.287. The summed E-state index contributed by atoms with van der Waals surface area (Å²) in [4.78, 5) is 0. The first-order valence-corrected chi connectivity index (χ1v) is 6.72. The van der Waals surface area contributed by atoms with E-state index in [1.54, 1.807) is 36.4 Å². The smallest absolute Gasteiger partial charge is 0.168 e. The summed E-state index contributed by atoms with van der Waals surface area (Å²) in [6.45, 7) is 0. The monoisotopic (exact) mass is 316 g/mol. The lowest BCUT2D eigenvalue weighted by Gasteiger charge is -1.97. The van der Waals surface area contributed by atoms with Crippen LogP contribution in [0.1, 0.15) is 5.76 Å². The van der Waals surface area contributed by atoms with Crippen molar-refractivity contribution in [1.82, 2.24) is 10.2 Å². The Kier molecular flexibility index (Phi) is 4.11. The Labute approximate surface area is 130 Å². The van der Waals surface area contributed by atoms with Gasteiger partial charge in [0, 0.05) is 5.56 Å². The van der Waals surface area contributed by atoms with Crippen molar-refractivity contribution in [1.29, 1.82) is 0 Å². The summed E-state index contributed by atoms with van der Waals surface area (Å²) < 4.78 is 18.5. The molecule has 0 unspecified atom stereocenters. The highest BCUT2D eigenvalue weighted by Gasteiger charge is 2.03. The second-order valence-electron chi connectivity index (χ2n) is 4.32. The highest BCUT2D eigenvalue weighted by atomic mass is 35.5. The zero-order chi connectivity index (χ0) is 15.4. The van der Waals surface area contributed by atoms with Gasteiger partial charge in [-0.25, -0.2) is 4.39 Å². The SMILES string of the molecule is Fc1ccc(-c2ccc(C=NNc3ccc(Cl)nn3)o2)cc1. The summed E-state index contributed by atoms with van der Waals surface area (Å²) >= 11 is 5.63. The molecule has 2 heterocycles. The third-order valence-electron chi connectivity index (χ3n) is 2.76. The molecule has 0 bridgehead atoms. The molecule has 1 aromatic carbocycles. The average Bonchev–Trinajstić information content (AvgIpc) is 2.99. The van der Waals surface area contributed by atoms with E-state index < -0.39 is 0 Å². The van der Waals surface area contributed by atoms with Gasteiger partial charge in [0.15, 0.2) is 11.0 Å². The van der Waals surface area contributed by atoms with Crippen LogP contribution in [0.4, 0.5) is 10.2 Å². The molecule has 0 amide bonds. The molecule has 0 aliphatic heterocycles. The number of furan rings is 1. The third kappa shape index (κ3) is 3.48. The molecule has 0 radical (unpaired) electrons. The highest BCUT2D eigenvalue weighted by molar-refractivity contribution is 6.29. The lowest BCUT2D eigenvalue weighted by Crippen LogP contribution is -1.94. The van der Waals surface area contributed by atoms with E-state index in [0.29, 0.717) is 22.5 Å². The second-order valence-corrected chi connectivity index (χ2v) is 4.71. The Bertz CT molecular complexity index is 784. The van der Waals surface area contributed by atoms with Crippen molar-refractivity contribution < 1.29 is 8.81 Å². The van der Waals surface area contributed by atoms with Gasteiger partial charge in [-0.05, 0) is 48.5 Å². The minimum atomic E-state index is -0.287. The minimum Gasteiger partial charge on any atom is -0.455 e. The number of aromatic nitrogens is 2. The van der Waals surface area contributed by atoms with Gasteiger partial charge in [-0.3, -0.25) is 5.43 Å². The second kappa shape index (κ2) is 6.36. The van der Waals surface area contributed by atoms with Gasteiger partial charge in [0.05, 0.1) is 6.21 Å². The summed E-state index contributed by atoms with van der Waals surface area (Å²) in [7, 11) is 0. The average molecular weight is 317 g/mol. The molecule has 0 saturated carbocycles. The third-order valence-corrected chi connectivity index (χ3v) is 2.96. The van der Waals surface area contributed by atoms with Crippen LogP contribution >= 0.6 is 11.6 Å². The van der Waals surface area contributed by atoms with Crippen molar-refractivity contribution in [2.45, 2.75) is 0 Å². The predicted octanol–water partition coefficient (Wildman–Crippen LogP) is 3.98. The number of nitrogens with one attached hydrogen (secondary N) is 1. The molecule has 22 heavy (non-hydrogen) atoms. The van der Waals surface area contributed by atoms with Gasteiger partial charge >= 0.3 is 0 Å². The number of benzene rings is 1. The van der Waals surface area contributed by atoms with Crippen molar-refractivity contribution >= 4 is 23.6 Å². The van der Waals surface area contributed by atoms with E-state index in [9.17, 15) is 4.39 Å². The predicted molar refractivity (Wildman–Crippen MR) is 82.4 cm³/mol. The van der Waals surface area contributed by atoms with Crippen molar-refractivity contribution in [2.75, 3.05) is 5.43 Å². The first kappa shape index (κ1) is 14.2. The summed E-state index contributed by atoms with van der Waals surface area (Å²) in [5, 5.41) is 11.8. The van der Waals surface area contributed by atoms with E-state index in [2.05, 4.69) is 20.7 Å². The standard InChI is InChI=1S/C15H10ClFN4O/c16-14-7-8-15(21-19-14)20-18-9-12-5-6-13(22-12)10-1-3-11(17)4-2-10/h1-9H,(H,20,21). The Morgan fingerprint density at radius 3 is 2.59 bits per heavy atom. The van der Waals surface area contributed by atoms with Gasteiger partial charge < -0.3 is 4.42 Å². The quantitative estimate of drug-likeness (QED) is 0.584. The molecule has 1 N–H and O–H groups in total. The van der Waals surface area contributed by atoms with Gasteiger partial charge in [0.2, 0.25) is 0 Å². The van der Waals surface area contributed by atoms with Crippen molar-refractivity contribution in [3.8, 4) is 11.3 Å². The first-order valence-electron chi connectivity index (χ1n) is 6.35. The van der Waals surface area contributed by atoms with E-state index in [0.717, 1.165) is 5.56 Å². The summed E-state index contributed by atoms with van der Waals surface area (Å²) in [6.07, 6.45) is 1.50. The molecule has 0 spiro atoms. The highest BCUT2D eigenvalue weighted by Crippen LogP contribution is 2.21. The number of hydrogen-bond donors (Lipinski definition) is 1. The number of hydrogen-bond acceptors (Lipinski definition) is 5. The fourth-order valence-corrected chi connectivity index (χ4v) is 1.83. The normalized spacial score (nSPS) is 11.0. The zero-order valence-electron chi connectivity index (χ0n) is 11.2. The Morgan fingerprint density at radius 1 is 1.05 bits per heavy atom. The van der Waals surface area contributed by atoms with Gasteiger partial charge in [-0.2, -0.15) is 5.10 Å². The Balaban J connectivity index is 1.67. The first-order chi connectivity index (χ1) is 10.7. The van der Waals surface area contributed by atoms with Crippen LogP contribution in [-0.2, 0) is 0 Å². The van der Waals surface area contributed by atoms with Crippen LogP contribution < -0.4 is 5.43 Å². The van der Waals surface area contributed by atoms with Gasteiger partial charge in [0.25, 0.3) is 0 Å². The molecule has 3 rings (SSSR count). The number of rotatable bonds is 4. The fourth-order valence-electron chi connectivity index (χ4n) is 1.73. The Hall–Kier alpha value is -2.73. The lowest BCUT2D eigenvalue weighted by molar-refractivity contribution is 0.574. The van der Waals surface area contributed by atoms with Crippen LogP contribution in [-0.4, -0.2) is 16.4 Å². The maximum absolute atomic E-state index is 12.9. The molecular formula is C15H10ClFN4O. The molecule has 0 saturated heterocycles. The van der Waals surface area contributed by atoms with E-state index in [4.69, 9.17) is 16.0 Å². The van der Waals surface area contributed by atoms with Gasteiger partial charge in [0.1, 0.15) is 17.3 Å². The van der Waals surface area contributed by atoms with E-state index in [1.807, 2.05) is 0 Å². The van der Waals surface area contributed by atoms with Crippen molar-refractivity contribution in [2.24, 2.45) is 5.10 Å². The number of halogens is 2. The molecule has 110 valence electrons. The summed E-state index contributed by atoms with van der Waals surface area (Å²) in [5.41, 5.74) is 3.49. The largest absolute Gasteiger partial charge is 0.455 e. The van der Waals surface area contributed by atoms with Gasteiger partial charge in [-0.1, -0.05) is 11.6 Å². The number of nitrogens with zero attached hydrogens (tertiary/aromatic N) is 3. The molecular weight excluding hydrogens is 307 g/mol. The maximum Gasteiger partial charge on any atom is 0.168 e.